The van der Waals surface area contributed by atoms with E-state index < -0.39 is 0 Å². The number of fused-ring (bicyclic) bond motifs is 1. The molecule has 0 spiro atoms. The van der Waals surface area contributed by atoms with Gasteiger partial charge in [0.1, 0.15) is 0 Å². The second-order valence-electron chi connectivity index (χ2n) is 6.03. The van der Waals surface area contributed by atoms with Gasteiger partial charge < -0.3 is 15.2 Å². The van der Waals surface area contributed by atoms with E-state index in [0.717, 1.165) is 27.7 Å². The van der Waals surface area contributed by atoms with E-state index in [-0.39, 0.29) is 5.91 Å². The van der Waals surface area contributed by atoms with Crippen molar-refractivity contribution in [1.29, 1.82) is 0 Å². The molecule has 4 heteroatoms. The van der Waals surface area contributed by atoms with Crippen molar-refractivity contribution in [3.8, 4) is 11.8 Å². The van der Waals surface area contributed by atoms with Crippen LogP contribution in [0.25, 0.3) is 10.9 Å². The van der Waals surface area contributed by atoms with Crippen LogP contribution in [0.15, 0.2) is 54.7 Å². The zero-order valence-electron chi connectivity index (χ0n) is 14.5. The van der Waals surface area contributed by atoms with Crippen LogP contribution in [0, 0.1) is 11.8 Å². The summed E-state index contributed by atoms with van der Waals surface area (Å²) in [4.78, 5) is 17.4. The number of hydrogen-bond donors (Lipinski definition) is 2. The van der Waals surface area contributed by atoms with Gasteiger partial charge in [-0.05, 0) is 23.8 Å². The summed E-state index contributed by atoms with van der Waals surface area (Å²) in [5, 5.41) is 3.95. The molecule has 0 aliphatic rings. The van der Waals surface area contributed by atoms with E-state index in [9.17, 15) is 4.79 Å². The van der Waals surface area contributed by atoms with E-state index in [1.54, 1.807) is 0 Å². The second-order valence-corrected chi connectivity index (χ2v) is 6.03. The summed E-state index contributed by atoms with van der Waals surface area (Å²) in [7, 11) is 3.98. The SMILES string of the molecule is CN(C)c1ccccc1C#CCNC(=O)Cc1c[nH]c2ccccc12. The number of para-hydroxylation sites is 2. The maximum atomic E-state index is 12.1. The molecular formula is C21H21N3O. The Morgan fingerprint density at radius 2 is 1.88 bits per heavy atom. The smallest absolute Gasteiger partial charge is 0.225 e. The van der Waals surface area contributed by atoms with Crippen molar-refractivity contribution in [2.24, 2.45) is 0 Å². The fourth-order valence-corrected chi connectivity index (χ4v) is 2.76. The van der Waals surface area contributed by atoms with Gasteiger partial charge in [-0.1, -0.05) is 42.2 Å². The Hall–Kier alpha value is -3.19. The molecule has 0 aliphatic carbocycles. The zero-order chi connectivity index (χ0) is 17.6. The van der Waals surface area contributed by atoms with Crippen LogP contribution in [-0.4, -0.2) is 31.5 Å². The number of amides is 1. The van der Waals surface area contributed by atoms with Gasteiger partial charge in [-0.25, -0.2) is 0 Å². The molecule has 0 fully saturated rings. The third kappa shape index (κ3) is 4.02. The maximum absolute atomic E-state index is 12.1. The van der Waals surface area contributed by atoms with Gasteiger partial charge in [0.2, 0.25) is 5.91 Å². The number of nitrogens with one attached hydrogen (secondary N) is 2. The van der Waals surface area contributed by atoms with E-state index in [1.807, 2.05) is 73.7 Å². The van der Waals surface area contributed by atoms with Crippen molar-refractivity contribution < 1.29 is 4.79 Å². The molecule has 0 unspecified atom stereocenters. The Morgan fingerprint density at radius 1 is 1.12 bits per heavy atom. The van der Waals surface area contributed by atoms with Crippen molar-refractivity contribution in [1.82, 2.24) is 10.3 Å². The number of H-pyrrole nitrogens is 1. The lowest BCUT2D eigenvalue weighted by Gasteiger charge is -2.13. The molecule has 0 saturated carbocycles. The predicted molar refractivity (Wildman–Crippen MR) is 103 cm³/mol. The molecule has 0 bridgehead atoms. The number of carbonyl (C=O) groups is 1. The molecule has 1 aromatic heterocycles. The van der Waals surface area contributed by atoms with E-state index in [1.165, 1.54) is 0 Å². The number of nitrogens with zero attached hydrogens (tertiary/aromatic N) is 1. The third-order valence-corrected chi connectivity index (χ3v) is 4.01. The molecule has 1 heterocycles. The molecule has 0 radical (unpaired) electrons. The lowest BCUT2D eigenvalue weighted by atomic mass is 10.1. The van der Waals surface area contributed by atoms with E-state index in [4.69, 9.17) is 0 Å². The van der Waals surface area contributed by atoms with Crippen molar-refractivity contribution in [2.45, 2.75) is 6.42 Å². The van der Waals surface area contributed by atoms with E-state index in [0.29, 0.717) is 13.0 Å². The Bertz CT molecular complexity index is 944. The monoisotopic (exact) mass is 331 g/mol. The van der Waals surface area contributed by atoms with Gasteiger partial charge >= 0.3 is 0 Å². The molecule has 3 rings (SSSR count). The van der Waals surface area contributed by atoms with Crippen LogP contribution in [0.2, 0.25) is 0 Å². The summed E-state index contributed by atoms with van der Waals surface area (Å²) >= 11 is 0. The lowest BCUT2D eigenvalue weighted by Crippen LogP contribution is -2.25. The molecule has 0 atom stereocenters. The molecule has 2 aromatic carbocycles. The van der Waals surface area contributed by atoms with Crippen LogP contribution in [0.4, 0.5) is 5.69 Å². The normalized spacial score (nSPS) is 10.2. The van der Waals surface area contributed by atoms with E-state index >= 15 is 0 Å². The second kappa shape index (κ2) is 7.59. The summed E-state index contributed by atoms with van der Waals surface area (Å²) in [5.41, 5.74) is 4.07. The standard InChI is InChI=1S/C21H21N3O/c1-24(2)20-12-6-3-8-16(20)9-7-13-22-21(25)14-17-15-23-19-11-5-4-10-18(17)19/h3-6,8,10-12,15,23H,13-14H2,1-2H3,(H,22,25). The molecule has 1 amide bonds. The highest BCUT2D eigenvalue weighted by Crippen LogP contribution is 2.18. The Morgan fingerprint density at radius 3 is 2.72 bits per heavy atom. The van der Waals surface area contributed by atoms with Crippen LogP contribution in [0.3, 0.4) is 0 Å². The van der Waals surface area contributed by atoms with Crippen LogP contribution in [-0.2, 0) is 11.2 Å². The minimum Gasteiger partial charge on any atom is -0.377 e. The maximum Gasteiger partial charge on any atom is 0.225 e. The van der Waals surface area contributed by atoms with Gasteiger partial charge in [0.05, 0.1) is 18.7 Å². The topological polar surface area (TPSA) is 48.1 Å². The number of aromatic amines is 1. The Kier molecular flexibility index (Phi) is 5.06. The summed E-state index contributed by atoms with van der Waals surface area (Å²) in [6.45, 7) is 0.336. The summed E-state index contributed by atoms with van der Waals surface area (Å²) in [6, 6.07) is 15.9. The van der Waals surface area contributed by atoms with E-state index in [2.05, 4.69) is 22.1 Å². The average Bonchev–Trinajstić information content (AvgIpc) is 3.02. The van der Waals surface area contributed by atoms with Gasteiger partial charge in [-0.2, -0.15) is 0 Å². The minimum absolute atomic E-state index is 0.0278. The fraction of sp³-hybridized carbons (Fsp3) is 0.190. The molecule has 0 saturated heterocycles. The first-order chi connectivity index (χ1) is 12.1. The minimum atomic E-state index is -0.0278. The largest absolute Gasteiger partial charge is 0.377 e. The van der Waals surface area contributed by atoms with Gasteiger partial charge in [0.15, 0.2) is 0 Å². The number of aromatic nitrogens is 1. The van der Waals surface area contributed by atoms with Gasteiger partial charge in [0.25, 0.3) is 0 Å². The number of rotatable bonds is 4. The fourth-order valence-electron chi connectivity index (χ4n) is 2.76. The lowest BCUT2D eigenvalue weighted by molar-refractivity contribution is -0.120. The number of anilines is 1. The summed E-state index contributed by atoms with van der Waals surface area (Å²) in [6.07, 6.45) is 2.24. The quantitative estimate of drug-likeness (QED) is 0.722. The predicted octanol–water partition coefficient (Wildman–Crippen LogP) is 2.94. The number of benzene rings is 2. The average molecular weight is 331 g/mol. The Balaban J connectivity index is 1.59. The highest BCUT2D eigenvalue weighted by molar-refractivity contribution is 5.88. The first-order valence-electron chi connectivity index (χ1n) is 8.22. The summed E-state index contributed by atoms with van der Waals surface area (Å²) < 4.78 is 0. The van der Waals surface area contributed by atoms with Crippen molar-refractivity contribution in [2.75, 3.05) is 25.5 Å². The number of hydrogen-bond acceptors (Lipinski definition) is 2. The van der Waals surface area contributed by atoms with Crippen LogP contribution in [0.5, 0.6) is 0 Å². The number of carbonyl (C=O) groups excluding carboxylic acids is 1. The first kappa shape index (κ1) is 16.7. The first-order valence-corrected chi connectivity index (χ1v) is 8.22. The molecule has 0 aliphatic heterocycles. The third-order valence-electron chi connectivity index (χ3n) is 4.01. The van der Waals surface area contributed by atoms with Crippen molar-refractivity contribution in [3.63, 3.8) is 0 Å². The highest BCUT2D eigenvalue weighted by Gasteiger charge is 2.07. The molecule has 126 valence electrons. The van der Waals surface area contributed by atoms with Crippen molar-refractivity contribution in [3.05, 3.63) is 65.9 Å². The Labute approximate surface area is 147 Å². The molecule has 25 heavy (non-hydrogen) atoms. The van der Waals surface area contributed by atoms with Gasteiger partial charge in [0, 0.05) is 36.8 Å². The van der Waals surface area contributed by atoms with Crippen LogP contribution in [0.1, 0.15) is 11.1 Å². The van der Waals surface area contributed by atoms with Crippen LogP contribution < -0.4 is 10.2 Å². The van der Waals surface area contributed by atoms with Crippen LogP contribution >= 0.6 is 0 Å². The van der Waals surface area contributed by atoms with Gasteiger partial charge in [-0.3, -0.25) is 4.79 Å². The van der Waals surface area contributed by atoms with Crippen molar-refractivity contribution >= 4 is 22.5 Å². The zero-order valence-corrected chi connectivity index (χ0v) is 14.5. The molecule has 2 N–H and O–H groups in total. The molecular weight excluding hydrogens is 310 g/mol. The highest BCUT2D eigenvalue weighted by atomic mass is 16.1. The van der Waals surface area contributed by atoms with Gasteiger partial charge in [-0.15, -0.1) is 0 Å². The molecule has 4 nitrogen and oxygen atoms in total. The molecule has 3 aromatic rings. The summed E-state index contributed by atoms with van der Waals surface area (Å²) in [5.74, 6) is 6.13.